The molecule has 102 valence electrons. The number of hydrogen-bond acceptors (Lipinski definition) is 4. The lowest BCUT2D eigenvalue weighted by atomic mass is 10.0. The number of pyridine rings is 1. The first-order valence-electron chi connectivity index (χ1n) is 6.61. The van der Waals surface area contributed by atoms with Gasteiger partial charge in [0.1, 0.15) is 11.5 Å². The number of aryl methyl sites for hydroxylation is 1. The van der Waals surface area contributed by atoms with Crippen LogP contribution in [0.15, 0.2) is 41.3 Å². The third kappa shape index (κ3) is 3.83. The van der Waals surface area contributed by atoms with Crippen LogP contribution in [-0.2, 0) is 6.42 Å². The van der Waals surface area contributed by atoms with Crippen molar-refractivity contribution < 1.29 is 9.15 Å². The third-order valence-electron chi connectivity index (χ3n) is 3.06. The van der Waals surface area contributed by atoms with E-state index in [9.17, 15) is 0 Å². The topological polar surface area (TPSA) is 47.3 Å². The SMILES string of the molecule is CCOc1cncc(C(CCc2ccco2)NC)c1. The van der Waals surface area contributed by atoms with E-state index in [1.54, 1.807) is 12.5 Å². The third-order valence-corrected chi connectivity index (χ3v) is 3.06. The van der Waals surface area contributed by atoms with E-state index in [2.05, 4.69) is 10.3 Å². The molecule has 0 aromatic carbocycles. The molecule has 0 spiro atoms. The molecule has 0 bridgehead atoms. The summed E-state index contributed by atoms with van der Waals surface area (Å²) < 4.78 is 10.8. The Balaban J connectivity index is 2.01. The van der Waals surface area contributed by atoms with Crippen LogP contribution in [0.1, 0.15) is 30.7 Å². The molecule has 2 rings (SSSR count). The van der Waals surface area contributed by atoms with E-state index in [0.717, 1.165) is 29.9 Å². The molecule has 19 heavy (non-hydrogen) atoms. The van der Waals surface area contributed by atoms with Gasteiger partial charge in [-0.25, -0.2) is 0 Å². The van der Waals surface area contributed by atoms with Crippen LogP contribution < -0.4 is 10.1 Å². The number of hydrogen-bond donors (Lipinski definition) is 1. The molecule has 0 aliphatic carbocycles. The van der Waals surface area contributed by atoms with Gasteiger partial charge in [-0.1, -0.05) is 0 Å². The summed E-state index contributed by atoms with van der Waals surface area (Å²) in [5.74, 6) is 1.83. The number of ether oxygens (including phenoxy) is 1. The van der Waals surface area contributed by atoms with Gasteiger partial charge in [0, 0.05) is 18.7 Å². The molecule has 4 nitrogen and oxygen atoms in total. The van der Waals surface area contributed by atoms with Crippen molar-refractivity contribution in [1.29, 1.82) is 0 Å². The van der Waals surface area contributed by atoms with Crippen LogP contribution in [0.2, 0.25) is 0 Å². The molecule has 0 aliphatic heterocycles. The van der Waals surface area contributed by atoms with Crippen LogP contribution in [0.3, 0.4) is 0 Å². The minimum Gasteiger partial charge on any atom is -0.492 e. The van der Waals surface area contributed by atoms with Crippen LogP contribution in [0.5, 0.6) is 5.75 Å². The summed E-state index contributed by atoms with van der Waals surface area (Å²) >= 11 is 0. The second-order valence-electron chi connectivity index (χ2n) is 4.35. The summed E-state index contributed by atoms with van der Waals surface area (Å²) in [4.78, 5) is 4.23. The highest BCUT2D eigenvalue weighted by Crippen LogP contribution is 2.22. The first-order chi connectivity index (χ1) is 9.33. The van der Waals surface area contributed by atoms with Crippen molar-refractivity contribution in [2.45, 2.75) is 25.8 Å². The molecule has 0 saturated heterocycles. The molecule has 2 aromatic heterocycles. The zero-order valence-electron chi connectivity index (χ0n) is 11.4. The second-order valence-corrected chi connectivity index (χ2v) is 4.35. The van der Waals surface area contributed by atoms with Gasteiger partial charge in [-0.15, -0.1) is 0 Å². The van der Waals surface area contributed by atoms with Crippen molar-refractivity contribution >= 4 is 0 Å². The number of nitrogens with zero attached hydrogens (tertiary/aromatic N) is 1. The maximum Gasteiger partial charge on any atom is 0.137 e. The van der Waals surface area contributed by atoms with E-state index in [4.69, 9.17) is 9.15 Å². The first kappa shape index (κ1) is 13.6. The average molecular weight is 260 g/mol. The van der Waals surface area contributed by atoms with E-state index in [1.165, 1.54) is 0 Å². The minimum atomic E-state index is 0.248. The van der Waals surface area contributed by atoms with Gasteiger partial charge in [0.25, 0.3) is 0 Å². The highest BCUT2D eigenvalue weighted by Gasteiger charge is 2.11. The number of nitrogens with one attached hydrogen (secondary N) is 1. The summed E-state index contributed by atoms with van der Waals surface area (Å²) in [7, 11) is 1.96. The van der Waals surface area contributed by atoms with Gasteiger partial charge >= 0.3 is 0 Å². The Kier molecular flexibility index (Phi) is 4.98. The molecule has 0 aliphatic rings. The van der Waals surface area contributed by atoms with E-state index in [-0.39, 0.29) is 6.04 Å². The molecule has 2 heterocycles. The molecule has 0 amide bonds. The van der Waals surface area contributed by atoms with E-state index >= 15 is 0 Å². The van der Waals surface area contributed by atoms with Gasteiger partial charge < -0.3 is 14.5 Å². The zero-order chi connectivity index (χ0) is 13.5. The second kappa shape index (κ2) is 6.95. The summed E-state index contributed by atoms with van der Waals surface area (Å²) in [6.45, 7) is 2.63. The average Bonchev–Trinajstić information content (AvgIpc) is 2.94. The molecule has 1 atom stereocenters. The first-order valence-corrected chi connectivity index (χ1v) is 6.61. The Labute approximate surface area is 113 Å². The fraction of sp³-hybridized carbons (Fsp3) is 0.400. The highest BCUT2D eigenvalue weighted by atomic mass is 16.5. The lowest BCUT2D eigenvalue weighted by Gasteiger charge is -2.16. The Hall–Kier alpha value is -1.81. The Morgan fingerprint density at radius 1 is 1.42 bits per heavy atom. The van der Waals surface area contributed by atoms with Crippen molar-refractivity contribution in [1.82, 2.24) is 10.3 Å². The molecule has 2 aromatic rings. The number of rotatable bonds is 7. The van der Waals surface area contributed by atoms with Crippen molar-refractivity contribution in [3.63, 3.8) is 0 Å². The summed E-state index contributed by atoms with van der Waals surface area (Å²) in [5, 5.41) is 3.31. The number of furan rings is 1. The maximum absolute atomic E-state index is 5.48. The lowest BCUT2D eigenvalue weighted by molar-refractivity contribution is 0.337. The van der Waals surface area contributed by atoms with Crippen LogP contribution in [0.4, 0.5) is 0 Å². The molecule has 0 fully saturated rings. The summed E-state index contributed by atoms with van der Waals surface area (Å²) in [6, 6.07) is 6.21. The summed E-state index contributed by atoms with van der Waals surface area (Å²) in [5.41, 5.74) is 1.14. The molecular formula is C15H20N2O2. The minimum absolute atomic E-state index is 0.248. The molecule has 1 unspecified atom stereocenters. The van der Waals surface area contributed by atoms with Crippen molar-refractivity contribution in [2.24, 2.45) is 0 Å². The Morgan fingerprint density at radius 3 is 3.00 bits per heavy atom. The molecule has 1 N–H and O–H groups in total. The van der Waals surface area contributed by atoms with Crippen LogP contribution in [-0.4, -0.2) is 18.6 Å². The Morgan fingerprint density at radius 2 is 2.32 bits per heavy atom. The molecule has 0 saturated carbocycles. The quantitative estimate of drug-likeness (QED) is 0.831. The van der Waals surface area contributed by atoms with Crippen LogP contribution in [0.25, 0.3) is 0 Å². The fourth-order valence-corrected chi connectivity index (χ4v) is 2.09. The largest absolute Gasteiger partial charge is 0.492 e. The van der Waals surface area contributed by atoms with E-state index in [0.29, 0.717) is 6.61 Å². The van der Waals surface area contributed by atoms with Gasteiger partial charge in [-0.3, -0.25) is 4.98 Å². The standard InChI is InChI=1S/C15H20N2O2/c1-3-18-14-9-12(10-17-11-14)15(16-2)7-6-13-5-4-8-19-13/h4-5,8-11,15-16H,3,6-7H2,1-2H3. The predicted octanol–water partition coefficient (Wildman–Crippen LogP) is 2.97. The number of aromatic nitrogens is 1. The monoisotopic (exact) mass is 260 g/mol. The van der Waals surface area contributed by atoms with Gasteiger partial charge in [0.2, 0.25) is 0 Å². The maximum atomic E-state index is 5.48. The smallest absolute Gasteiger partial charge is 0.137 e. The van der Waals surface area contributed by atoms with E-state index in [1.807, 2.05) is 38.4 Å². The zero-order valence-corrected chi connectivity index (χ0v) is 11.4. The van der Waals surface area contributed by atoms with Gasteiger partial charge in [0.15, 0.2) is 0 Å². The molecular weight excluding hydrogens is 240 g/mol. The van der Waals surface area contributed by atoms with Crippen molar-refractivity contribution in [3.8, 4) is 5.75 Å². The van der Waals surface area contributed by atoms with Crippen molar-refractivity contribution in [2.75, 3.05) is 13.7 Å². The molecule has 4 heteroatoms. The highest BCUT2D eigenvalue weighted by molar-refractivity contribution is 5.26. The van der Waals surface area contributed by atoms with Gasteiger partial charge in [-0.05, 0) is 44.2 Å². The lowest BCUT2D eigenvalue weighted by Crippen LogP contribution is -2.17. The fourth-order valence-electron chi connectivity index (χ4n) is 2.09. The predicted molar refractivity (Wildman–Crippen MR) is 74.2 cm³/mol. The van der Waals surface area contributed by atoms with Gasteiger partial charge in [-0.2, -0.15) is 0 Å². The van der Waals surface area contributed by atoms with Crippen LogP contribution >= 0.6 is 0 Å². The van der Waals surface area contributed by atoms with Gasteiger partial charge in [0.05, 0.1) is 19.1 Å². The summed E-state index contributed by atoms with van der Waals surface area (Å²) in [6.07, 6.45) is 7.19. The Bertz CT molecular complexity index is 483. The molecule has 0 radical (unpaired) electrons. The van der Waals surface area contributed by atoms with Crippen LogP contribution in [0, 0.1) is 0 Å². The van der Waals surface area contributed by atoms with E-state index < -0.39 is 0 Å². The van der Waals surface area contributed by atoms with Crippen molar-refractivity contribution in [3.05, 3.63) is 48.2 Å². The normalized spacial score (nSPS) is 12.3.